The van der Waals surface area contributed by atoms with Crippen LogP contribution in [0.3, 0.4) is 0 Å². The average molecular weight is 398 g/mol. The first-order valence-corrected chi connectivity index (χ1v) is 9.01. The van der Waals surface area contributed by atoms with E-state index in [1.165, 1.54) is 12.5 Å². The van der Waals surface area contributed by atoms with Crippen LogP contribution in [0.4, 0.5) is 5.13 Å². The van der Waals surface area contributed by atoms with E-state index in [1.54, 1.807) is 0 Å². The molecular weight excluding hydrogens is 386 g/mol. The van der Waals surface area contributed by atoms with Gasteiger partial charge in [-0.25, -0.2) is 9.29 Å². The number of rotatable bonds is 6. The molecule has 2 heterocycles. The third-order valence-electron chi connectivity index (χ3n) is 3.02. The number of hydrogen-bond acceptors (Lipinski definition) is 9. The van der Waals surface area contributed by atoms with Gasteiger partial charge in [-0.15, -0.1) is 22.9 Å². The van der Waals surface area contributed by atoms with Crippen LogP contribution < -0.4 is 11.1 Å². The second-order valence-electron chi connectivity index (χ2n) is 4.48. The zero-order valence-electron chi connectivity index (χ0n) is 12.0. The Morgan fingerprint density at radius 1 is 1.67 bits per heavy atom. The highest BCUT2D eigenvalue weighted by Gasteiger charge is 2.53. The predicted molar refractivity (Wildman–Crippen MR) is 84.9 cm³/mol. The van der Waals surface area contributed by atoms with E-state index >= 15 is 0 Å². The molecule has 0 radical (unpaired) electrons. The van der Waals surface area contributed by atoms with Crippen LogP contribution in [0.15, 0.2) is 10.5 Å². The summed E-state index contributed by atoms with van der Waals surface area (Å²) in [6, 6.07) is -2.36. The normalized spacial score (nSPS) is 21.4. The topological polar surface area (TPSA) is 164 Å². The lowest BCUT2D eigenvalue weighted by molar-refractivity contribution is -0.143. The Kier molecular flexibility index (Phi) is 5.27. The van der Waals surface area contributed by atoms with E-state index < -0.39 is 34.2 Å². The summed E-state index contributed by atoms with van der Waals surface area (Å²) in [5.41, 5.74) is 5.36. The van der Waals surface area contributed by atoms with Gasteiger partial charge in [0.2, 0.25) is 0 Å². The Morgan fingerprint density at radius 3 is 2.79 bits per heavy atom. The van der Waals surface area contributed by atoms with Crippen LogP contribution >= 0.6 is 22.9 Å². The first-order valence-electron chi connectivity index (χ1n) is 6.20. The van der Waals surface area contributed by atoms with Gasteiger partial charge in [0.25, 0.3) is 11.8 Å². The number of alkyl halides is 1. The fourth-order valence-corrected chi connectivity index (χ4v) is 3.84. The lowest BCUT2D eigenvalue weighted by Gasteiger charge is -2.43. The van der Waals surface area contributed by atoms with Gasteiger partial charge in [-0.3, -0.25) is 14.1 Å². The fourth-order valence-electron chi connectivity index (χ4n) is 2.01. The molecule has 0 saturated carbocycles. The van der Waals surface area contributed by atoms with Crippen LogP contribution in [0.5, 0.6) is 0 Å². The Hall–Kier alpha value is -1.96. The largest absolute Gasteiger partial charge is 0.398 e. The fraction of sp³-hybridized carbons (Fsp3) is 0.400. The van der Waals surface area contributed by atoms with Crippen LogP contribution in [-0.4, -0.2) is 64.9 Å². The Bertz CT molecular complexity index is 793. The van der Waals surface area contributed by atoms with E-state index in [4.69, 9.17) is 21.9 Å². The van der Waals surface area contributed by atoms with Crippen molar-refractivity contribution in [3.05, 3.63) is 11.1 Å². The van der Waals surface area contributed by atoms with E-state index in [0.717, 1.165) is 11.3 Å². The van der Waals surface area contributed by atoms with E-state index in [0.29, 0.717) is 0 Å². The van der Waals surface area contributed by atoms with Crippen LogP contribution in [0.1, 0.15) is 5.69 Å². The maximum absolute atomic E-state index is 12.3. The monoisotopic (exact) mass is 397 g/mol. The SMILES string of the molecule is CON=C(C(=O)N[C@@H]1C(=O)N(S(=O)(=O)O)[C@@H]1CCl)c1csc(N)n1. The summed E-state index contributed by atoms with van der Waals surface area (Å²) < 4.78 is 31.4. The number of carbonyl (C=O) groups excluding carboxylic acids is 2. The van der Waals surface area contributed by atoms with E-state index in [1.807, 2.05) is 0 Å². The van der Waals surface area contributed by atoms with Crippen LogP contribution in [0, 0.1) is 0 Å². The summed E-state index contributed by atoms with van der Waals surface area (Å²) in [5, 5.41) is 7.46. The van der Waals surface area contributed by atoms with Gasteiger partial charge in [-0.05, 0) is 0 Å². The summed E-state index contributed by atoms with van der Waals surface area (Å²) in [6.07, 6.45) is 0. The number of amides is 2. The summed E-state index contributed by atoms with van der Waals surface area (Å²) in [7, 11) is -3.55. The number of aromatic nitrogens is 1. The molecule has 2 rings (SSSR count). The lowest BCUT2D eigenvalue weighted by atomic mass is 10.0. The minimum Gasteiger partial charge on any atom is -0.398 e. The lowest BCUT2D eigenvalue weighted by Crippen LogP contribution is -2.73. The number of nitrogens with zero attached hydrogens (tertiary/aromatic N) is 3. The van der Waals surface area contributed by atoms with E-state index in [9.17, 15) is 18.0 Å². The number of nitrogens with one attached hydrogen (secondary N) is 1. The highest BCUT2D eigenvalue weighted by molar-refractivity contribution is 7.84. The molecule has 0 spiro atoms. The molecule has 14 heteroatoms. The molecule has 0 aromatic carbocycles. The molecule has 1 aliphatic heterocycles. The molecule has 0 aliphatic carbocycles. The molecular formula is C10H12ClN5O6S2. The van der Waals surface area contributed by atoms with Crippen LogP contribution in [0.25, 0.3) is 0 Å². The van der Waals surface area contributed by atoms with Crippen molar-refractivity contribution in [2.45, 2.75) is 12.1 Å². The van der Waals surface area contributed by atoms with Gasteiger partial charge in [0, 0.05) is 11.3 Å². The van der Waals surface area contributed by atoms with E-state index in [-0.39, 0.29) is 26.7 Å². The summed E-state index contributed by atoms with van der Waals surface area (Å²) >= 11 is 6.67. The van der Waals surface area contributed by atoms with E-state index in [2.05, 4.69) is 20.3 Å². The number of anilines is 1. The molecule has 0 unspecified atom stereocenters. The van der Waals surface area contributed by atoms with Crippen molar-refractivity contribution in [3.63, 3.8) is 0 Å². The maximum Gasteiger partial charge on any atom is 0.362 e. The van der Waals surface area contributed by atoms with Crippen LogP contribution in [0.2, 0.25) is 0 Å². The maximum atomic E-state index is 12.3. The number of hydrogen-bond donors (Lipinski definition) is 3. The molecule has 11 nitrogen and oxygen atoms in total. The zero-order valence-corrected chi connectivity index (χ0v) is 14.4. The summed E-state index contributed by atoms with van der Waals surface area (Å²) in [5.74, 6) is -2.19. The highest BCUT2D eigenvalue weighted by atomic mass is 35.5. The minimum absolute atomic E-state index is 0.123. The number of carbonyl (C=O) groups is 2. The molecule has 4 N–H and O–H groups in total. The second-order valence-corrected chi connectivity index (χ2v) is 6.97. The molecule has 2 atom stereocenters. The Balaban J connectivity index is 2.19. The molecule has 24 heavy (non-hydrogen) atoms. The number of β-lactam (4-membered cyclic amide) rings is 1. The predicted octanol–water partition coefficient (Wildman–Crippen LogP) is -1.19. The number of nitrogen functional groups attached to an aromatic ring is 1. The van der Waals surface area contributed by atoms with Crippen molar-refractivity contribution in [3.8, 4) is 0 Å². The average Bonchev–Trinajstić information content (AvgIpc) is 2.91. The molecule has 1 fully saturated rings. The van der Waals surface area contributed by atoms with Crippen molar-refractivity contribution in [1.29, 1.82) is 0 Å². The quantitative estimate of drug-likeness (QED) is 0.177. The van der Waals surface area contributed by atoms with Crippen molar-refractivity contribution in [1.82, 2.24) is 14.6 Å². The molecule has 1 aromatic rings. The van der Waals surface area contributed by atoms with Crippen molar-refractivity contribution in [2.24, 2.45) is 5.16 Å². The summed E-state index contributed by atoms with van der Waals surface area (Å²) in [6.45, 7) is 0. The Labute approximate surface area is 145 Å². The van der Waals surface area contributed by atoms with Gasteiger partial charge in [0.15, 0.2) is 10.8 Å². The van der Waals surface area contributed by atoms with Gasteiger partial charge in [0.1, 0.15) is 18.8 Å². The second kappa shape index (κ2) is 6.88. The Morgan fingerprint density at radius 2 is 2.33 bits per heavy atom. The first kappa shape index (κ1) is 18.4. The first-order chi connectivity index (χ1) is 11.2. The standard InChI is InChI=1S/C10H12ClN5O6S2/c1-22-15-6(4-3-23-10(12)13-4)8(17)14-7-5(2-11)16(9(7)18)24(19,20)21/h3,5,7H,2H2,1H3,(H2,12,13)(H,14,17)(H,19,20,21)/t5-,7+/m1/s1. The van der Waals surface area contributed by atoms with Crippen molar-refractivity contribution < 1.29 is 27.4 Å². The molecule has 0 bridgehead atoms. The minimum atomic E-state index is -4.76. The molecule has 2 amide bonds. The highest BCUT2D eigenvalue weighted by Crippen LogP contribution is 2.24. The number of nitrogens with two attached hydrogens (primary N) is 1. The number of halogens is 1. The zero-order chi connectivity index (χ0) is 18.1. The van der Waals surface area contributed by atoms with Gasteiger partial charge >= 0.3 is 10.3 Å². The van der Waals surface area contributed by atoms with Crippen molar-refractivity contribution in [2.75, 3.05) is 18.7 Å². The molecule has 1 aliphatic rings. The third kappa shape index (κ3) is 3.43. The van der Waals surface area contributed by atoms with Gasteiger partial charge < -0.3 is 15.9 Å². The van der Waals surface area contributed by atoms with Gasteiger partial charge in [-0.2, -0.15) is 8.42 Å². The summed E-state index contributed by atoms with van der Waals surface area (Å²) in [4.78, 5) is 32.6. The van der Waals surface area contributed by atoms with Crippen molar-refractivity contribution >= 4 is 55.9 Å². The van der Waals surface area contributed by atoms with Gasteiger partial charge in [0.05, 0.1) is 6.04 Å². The molecule has 1 aromatic heterocycles. The smallest absolute Gasteiger partial charge is 0.362 e. The number of thiazole rings is 1. The molecule has 132 valence electrons. The van der Waals surface area contributed by atoms with Gasteiger partial charge in [-0.1, -0.05) is 5.16 Å². The molecule has 1 saturated heterocycles. The number of oxime groups is 1. The third-order valence-corrected chi connectivity index (χ3v) is 4.96. The van der Waals surface area contributed by atoms with Crippen LogP contribution in [-0.2, 0) is 24.7 Å².